The fraction of sp³-hybridized carbons (Fsp3) is 0.950. The Kier molecular flexibility index (Phi) is 6.75. The van der Waals surface area contributed by atoms with E-state index in [-0.39, 0.29) is 24.3 Å². The molecule has 1 heterocycles. The molecule has 5 heteroatoms. The number of hydrogen-bond acceptors (Lipinski definition) is 4. The second kappa shape index (κ2) is 8.83. The Bertz CT molecular complexity index is 431. The van der Waals surface area contributed by atoms with E-state index in [9.17, 15) is 15.0 Å². The number of nitrogens with zero attached hydrogens (tertiary/aromatic N) is 1. The molecule has 1 amide bonds. The quantitative estimate of drug-likeness (QED) is 0.796. The van der Waals surface area contributed by atoms with Crippen LogP contribution in [0, 0.1) is 17.8 Å². The van der Waals surface area contributed by atoms with Crippen LogP contribution in [0.25, 0.3) is 0 Å². The van der Waals surface area contributed by atoms with Gasteiger partial charge in [-0.05, 0) is 38.0 Å². The summed E-state index contributed by atoms with van der Waals surface area (Å²) in [4.78, 5) is 14.9. The molecule has 2 N–H and O–H groups in total. The molecule has 0 aromatic carbocycles. The van der Waals surface area contributed by atoms with Gasteiger partial charge in [-0.15, -0.1) is 0 Å². The standard InChI is InChI=1S/C20H35NO4/c1-2-15-16(22)12-17(23)18(20(24)21-10-6-7-11-21)19(15)25-13-14-8-4-3-5-9-14/h14-19,22-23H,2-13H2,1H3. The number of ether oxygens (including phenoxy) is 1. The molecule has 0 aromatic rings. The first-order chi connectivity index (χ1) is 12.1. The summed E-state index contributed by atoms with van der Waals surface area (Å²) in [5.74, 6) is 0.00702. The maximum absolute atomic E-state index is 13.0. The molecule has 5 unspecified atom stereocenters. The van der Waals surface area contributed by atoms with Crippen LogP contribution in [0.15, 0.2) is 0 Å². The highest BCUT2D eigenvalue weighted by Crippen LogP contribution is 2.37. The van der Waals surface area contributed by atoms with Gasteiger partial charge in [-0.25, -0.2) is 0 Å². The predicted molar refractivity (Wildman–Crippen MR) is 96.0 cm³/mol. The Morgan fingerprint density at radius 1 is 1.04 bits per heavy atom. The second-order valence-electron chi connectivity index (χ2n) is 8.30. The molecule has 3 fully saturated rings. The van der Waals surface area contributed by atoms with Crippen molar-refractivity contribution in [1.29, 1.82) is 0 Å². The van der Waals surface area contributed by atoms with Crippen LogP contribution in [-0.4, -0.2) is 59.0 Å². The Morgan fingerprint density at radius 3 is 2.36 bits per heavy atom. The van der Waals surface area contributed by atoms with Crippen molar-refractivity contribution in [2.45, 2.75) is 83.0 Å². The minimum atomic E-state index is -0.803. The average Bonchev–Trinajstić information content (AvgIpc) is 3.15. The summed E-state index contributed by atoms with van der Waals surface area (Å²) >= 11 is 0. The topological polar surface area (TPSA) is 70.0 Å². The van der Waals surface area contributed by atoms with Crippen LogP contribution in [0.2, 0.25) is 0 Å². The van der Waals surface area contributed by atoms with E-state index in [0.29, 0.717) is 12.5 Å². The Hall–Kier alpha value is -0.650. The van der Waals surface area contributed by atoms with Crippen molar-refractivity contribution in [1.82, 2.24) is 4.90 Å². The largest absolute Gasteiger partial charge is 0.393 e. The van der Waals surface area contributed by atoms with Gasteiger partial charge < -0.3 is 19.8 Å². The smallest absolute Gasteiger partial charge is 0.230 e. The minimum absolute atomic E-state index is 0.0315. The van der Waals surface area contributed by atoms with Gasteiger partial charge in [0.25, 0.3) is 0 Å². The number of aliphatic hydroxyl groups is 2. The van der Waals surface area contributed by atoms with Crippen molar-refractivity contribution in [3.8, 4) is 0 Å². The summed E-state index contributed by atoms with van der Waals surface area (Å²) in [7, 11) is 0. The summed E-state index contributed by atoms with van der Waals surface area (Å²) in [6, 6.07) is 0. The van der Waals surface area contributed by atoms with Gasteiger partial charge in [-0.2, -0.15) is 0 Å². The molecule has 0 bridgehead atoms. The Balaban J connectivity index is 1.71. The number of hydrogen-bond donors (Lipinski definition) is 2. The van der Waals surface area contributed by atoms with Gasteiger partial charge in [0.2, 0.25) is 5.91 Å². The molecule has 2 saturated carbocycles. The van der Waals surface area contributed by atoms with Gasteiger partial charge in [0.15, 0.2) is 0 Å². The van der Waals surface area contributed by atoms with E-state index >= 15 is 0 Å². The maximum Gasteiger partial charge on any atom is 0.230 e. The summed E-state index contributed by atoms with van der Waals surface area (Å²) in [5.41, 5.74) is 0. The molecule has 5 atom stereocenters. The number of carbonyl (C=O) groups is 1. The van der Waals surface area contributed by atoms with Crippen LogP contribution in [0.3, 0.4) is 0 Å². The van der Waals surface area contributed by atoms with E-state index in [1.54, 1.807) is 0 Å². The lowest BCUT2D eigenvalue weighted by molar-refractivity contribution is -0.171. The zero-order valence-corrected chi connectivity index (χ0v) is 15.6. The van der Waals surface area contributed by atoms with E-state index in [0.717, 1.165) is 32.4 Å². The normalized spacial score (nSPS) is 37.4. The number of likely N-dealkylation sites (tertiary alicyclic amines) is 1. The summed E-state index contributed by atoms with van der Waals surface area (Å²) in [5, 5.41) is 21.1. The molecule has 1 saturated heterocycles. The van der Waals surface area contributed by atoms with Crippen LogP contribution in [0.4, 0.5) is 0 Å². The lowest BCUT2D eigenvalue weighted by Gasteiger charge is -2.44. The average molecular weight is 354 g/mol. The summed E-state index contributed by atoms with van der Waals surface area (Å²) in [6.45, 7) is 4.28. The van der Waals surface area contributed by atoms with Crippen LogP contribution in [-0.2, 0) is 9.53 Å². The molecule has 3 aliphatic rings. The van der Waals surface area contributed by atoms with Crippen molar-refractivity contribution in [2.24, 2.45) is 17.8 Å². The highest BCUT2D eigenvalue weighted by molar-refractivity contribution is 5.80. The highest BCUT2D eigenvalue weighted by Gasteiger charge is 2.48. The first kappa shape index (κ1) is 19.1. The summed E-state index contributed by atoms with van der Waals surface area (Å²) < 4.78 is 6.29. The zero-order chi connectivity index (χ0) is 17.8. The molecule has 2 aliphatic carbocycles. The van der Waals surface area contributed by atoms with Crippen LogP contribution in [0.1, 0.15) is 64.7 Å². The van der Waals surface area contributed by atoms with Gasteiger partial charge >= 0.3 is 0 Å². The van der Waals surface area contributed by atoms with Crippen molar-refractivity contribution in [3.63, 3.8) is 0 Å². The SMILES string of the molecule is CCC1C(O)CC(O)C(C(=O)N2CCCC2)C1OCC1CCCCC1. The molecule has 0 spiro atoms. The third-order valence-electron chi connectivity index (χ3n) is 6.59. The molecule has 0 aromatic heterocycles. The van der Waals surface area contributed by atoms with Crippen LogP contribution in [0.5, 0.6) is 0 Å². The number of aliphatic hydroxyl groups excluding tert-OH is 2. The zero-order valence-electron chi connectivity index (χ0n) is 15.6. The molecule has 0 radical (unpaired) electrons. The number of carbonyl (C=O) groups excluding carboxylic acids is 1. The first-order valence-corrected chi connectivity index (χ1v) is 10.4. The van der Waals surface area contributed by atoms with Crippen molar-refractivity contribution < 1.29 is 19.7 Å². The van der Waals surface area contributed by atoms with Gasteiger partial charge in [0, 0.05) is 32.0 Å². The fourth-order valence-electron chi connectivity index (χ4n) is 5.06. The Morgan fingerprint density at radius 2 is 1.72 bits per heavy atom. The van der Waals surface area contributed by atoms with Crippen molar-refractivity contribution in [3.05, 3.63) is 0 Å². The van der Waals surface area contributed by atoms with Crippen molar-refractivity contribution >= 4 is 5.91 Å². The second-order valence-corrected chi connectivity index (χ2v) is 8.30. The van der Waals surface area contributed by atoms with Gasteiger partial charge in [0.05, 0.1) is 24.2 Å². The molecule has 25 heavy (non-hydrogen) atoms. The fourth-order valence-corrected chi connectivity index (χ4v) is 5.06. The van der Waals surface area contributed by atoms with Crippen LogP contribution >= 0.6 is 0 Å². The van der Waals surface area contributed by atoms with E-state index < -0.39 is 18.1 Å². The van der Waals surface area contributed by atoms with Crippen LogP contribution < -0.4 is 0 Å². The molecule has 1 aliphatic heterocycles. The van der Waals surface area contributed by atoms with Gasteiger partial charge in [-0.3, -0.25) is 4.79 Å². The summed E-state index contributed by atoms with van der Waals surface area (Å²) in [6.07, 6.45) is 7.61. The molecular formula is C20H35NO4. The van der Waals surface area contributed by atoms with E-state index in [4.69, 9.17) is 4.74 Å². The van der Waals surface area contributed by atoms with Crippen molar-refractivity contribution in [2.75, 3.05) is 19.7 Å². The molecular weight excluding hydrogens is 318 g/mol. The van der Waals surface area contributed by atoms with E-state index in [1.165, 1.54) is 32.1 Å². The predicted octanol–water partition coefficient (Wildman–Crippen LogP) is 2.34. The first-order valence-electron chi connectivity index (χ1n) is 10.4. The lowest BCUT2D eigenvalue weighted by Crippen LogP contribution is -2.56. The number of rotatable bonds is 5. The number of amides is 1. The lowest BCUT2D eigenvalue weighted by atomic mass is 9.73. The third-order valence-corrected chi connectivity index (χ3v) is 6.59. The Labute approximate surface area is 151 Å². The molecule has 5 nitrogen and oxygen atoms in total. The molecule has 3 rings (SSSR count). The maximum atomic E-state index is 13.0. The van der Waals surface area contributed by atoms with E-state index in [1.807, 2.05) is 11.8 Å². The third kappa shape index (κ3) is 4.37. The molecule has 144 valence electrons. The highest BCUT2D eigenvalue weighted by atomic mass is 16.5. The van der Waals surface area contributed by atoms with E-state index in [2.05, 4.69) is 0 Å². The minimum Gasteiger partial charge on any atom is -0.393 e. The van der Waals surface area contributed by atoms with Gasteiger partial charge in [0.1, 0.15) is 0 Å². The monoisotopic (exact) mass is 353 g/mol. The van der Waals surface area contributed by atoms with Gasteiger partial charge in [-0.1, -0.05) is 26.2 Å².